The molecule has 1 aliphatic heterocycles. The average Bonchev–Trinajstić information content (AvgIpc) is 3.46. The second-order valence-electron chi connectivity index (χ2n) is 8.28. The van der Waals surface area contributed by atoms with Gasteiger partial charge in [-0.15, -0.1) is 0 Å². The van der Waals surface area contributed by atoms with E-state index in [0.717, 1.165) is 54.0 Å². The Morgan fingerprint density at radius 2 is 2.10 bits per heavy atom. The van der Waals surface area contributed by atoms with Gasteiger partial charge in [-0.2, -0.15) is 5.10 Å². The summed E-state index contributed by atoms with van der Waals surface area (Å²) in [5, 5.41) is 15.4. The molecule has 2 unspecified atom stereocenters. The van der Waals surface area contributed by atoms with Gasteiger partial charge in [0.2, 0.25) is 0 Å². The van der Waals surface area contributed by atoms with Gasteiger partial charge in [0.15, 0.2) is 5.65 Å². The highest BCUT2D eigenvalue weighted by Gasteiger charge is 2.33. The van der Waals surface area contributed by atoms with Crippen molar-refractivity contribution in [2.75, 3.05) is 0 Å². The van der Waals surface area contributed by atoms with Gasteiger partial charge in [0, 0.05) is 5.56 Å². The van der Waals surface area contributed by atoms with Gasteiger partial charge >= 0.3 is 0 Å². The van der Waals surface area contributed by atoms with Crippen LogP contribution >= 0.6 is 11.6 Å². The van der Waals surface area contributed by atoms with Crippen LogP contribution < -0.4 is 4.74 Å². The maximum absolute atomic E-state index is 13.4. The monoisotopic (exact) mass is 440 g/mol. The van der Waals surface area contributed by atoms with Crippen molar-refractivity contribution in [3.63, 3.8) is 0 Å². The number of fused-ring (bicyclic) bond motifs is 3. The number of para-hydroxylation sites is 1. The number of hydrogen-bond donors (Lipinski definition) is 1. The Kier molecular flexibility index (Phi) is 5.10. The van der Waals surface area contributed by atoms with E-state index in [4.69, 9.17) is 21.3 Å². The van der Waals surface area contributed by atoms with Crippen molar-refractivity contribution in [1.82, 2.24) is 19.5 Å². The number of rotatable bonds is 4. The summed E-state index contributed by atoms with van der Waals surface area (Å²) in [6.07, 6.45) is 2.44. The van der Waals surface area contributed by atoms with Crippen LogP contribution in [-0.2, 0) is 19.5 Å². The molecule has 31 heavy (non-hydrogen) atoms. The van der Waals surface area contributed by atoms with E-state index in [1.54, 1.807) is 21.5 Å². The maximum atomic E-state index is 13.4. The van der Waals surface area contributed by atoms with E-state index in [-0.39, 0.29) is 12.0 Å². The molecule has 7 nitrogen and oxygen atoms in total. The van der Waals surface area contributed by atoms with Crippen LogP contribution in [-0.4, -0.2) is 42.7 Å². The van der Waals surface area contributed by atoms with Gasteiger partial charge in [0.25, 0.3) is 5.91 Å². The van der Waals surface area contributed by atoms with Crippen LogP contribution in [0, 0.1) is 6.92 Å². The fourth-order valence-corrected chi connectivity index (χ4v) is 4.79. The zero-order chi connectivity index (χ0) is 21.7. The van der Waals surface area contributed by atoms with E-state index < -0.39 is 6.10 Å². The van der Waals surface area contributed by atoms with Gasteiger partial charge in [0.1, 0.15) is 11.9 Å². The third-order valence-corrected chi connectivity index (χ3v) is 6.79. The number of ether oxygens (including phenoxy) is 1. The second-order valence-corrected chi connectivity index (χ2v) is 8.66. The molecule has 162 valence electrons. The first kappa shape index (κ1) is 20.3. The lowest BCUT2D eigenvalue weighted by atomic mass is 10.1. The van der Waals surface area contributed by atoms with Gasteiger partial charge in [-0.25, -0.2) is 9.50 Å². The minimum absolute atomic E-state index is 0.111. The molecule has 1 fully saturated rings. The quantitative estimate of drug-likeness (QED) is 0.669. The average molecular weight is 441 g/mol. The normalized spacial score (nSPS) is 20.5. The Morgan fingerprint density at radius 3 is 2.84 bits per heavy atom. The summed E-state index contributed by atoms with van der Waals surface area (Å²) in [6, 6.07) is 7.25. The van der Waals surface area contributed by atoms with Crippen LogP contribution in [0.1, 0.15) is 59.2 Å². The molecule has 0 spiro atoms. The van der Waals surface area contributed by atoms with Crippen LogP contribution in [0.5, 0.6) is 5.75 Å². The van der Waals surface area contributed by atoms with Crippen molar-refractivity contribution >= 4 is 23.2 Å². The highest BCUT2D eigenvalue weighted by atomic mass is 35.5. The molecule has 5 rings (SSSR count). The van der Waals surface area contributed by atoms with Crippen LogP contribution in [0.2, 0.25) is 5.02 Å². The van der Waals surface area contributed by atoms with Crippen LogP contribution in [0.3, 0.4) is 0 Å². The Bertz CT molecular complexity index is 1180. The van der Waals surface area contributed by atoms with Crippen molar-refractivity contribution in [3.05, 3.63) is 57.5 Å². The number of aromatic nitrogens is 3. The minimum Gasteiger partial charge on any atom is -0.487 e. The topological polar surface area (TPSA) is 80.0 Å². The fourth-order valence-electron chi connectivity index (χ4n) is 4.53. The molecule has 8 heteroatoms. The number of aliphatic hydroxyl groups excluding tert-OH is 1. The summed E-state index contributed by atoms with van der Waals surface area (Å²) in [6.45, 7) is 4.81. The first-order valence-electron chi connectivity index (χ1n) is 10.8. The zero-order valence-corrected chi connectivity index (χ0v) is 18.4. The van der Waals surface area contributed by atoms with Gasteiger partial charge in [-0.05, 0) is 44.7 Å². The number of carbonyl (C=O) groups is 1. The fraction of sp³-hybridized carbons (Fsp3) is 0.435. The van der Waals surface area contributed by atoms with Crippen molar-refractivity contribution in [2.24, 2.45) is 0 Å². The third kappa shape index (κ3) is 3.36. The molecule has 2 aliphatic rings. The molecule has 3 aromatic rings. The number of carbonyl (C=O) groups excluding carboxylic acids is 1. The minimum atomic E-state index is -0.485. The second kappa shape index (κ2) is 7.80. The molecule has 1 aromatic carbocycles. The van der Waals surface area contributed by atoms with Gasteiger partial charge in [0.05, 0.1) is 46.9 Å². The SMILES string of the molecule is CCc1nc2c3c(nn2c(C)c1Cl)CN(C(=O)c1ccccc1OC1CCCC1O)C3. The third-order valence-electron chi connectivity index (χ3n) is 6.29. The molecule has 3 heterocycles. The largest absolute Gasteiger partial charge is 0.487 e. The van der Waals surface area contributed by atoms with Crippen molar-refractivity contribution in [3.8, 4) is 5.75 Å². The molecule has 1 amide bonds. The maximum Gasteiger partial charge on any atom is 0.258 e. The Morgan fingerprint density at radius 1 is 1.29 bits per heavy atom. The lowest BCUT2D eigenvalue weighted by Gasteiger charge is -2.22. The standard InChI is InChI=1S/C23H25ClN4O3/c1-3-16-21(24)13(2)28-22(25-16)15-11-27(12-17(15)26-28)23(30)14-7-4-5-9-19(14)31-20-10-6-8-18(20)29/h4-5,7,9,18,20,29H,3,6,8,10-12H2,1-2H3. The lowest BCUT2D eigenvalue weighted by molar-refractivity contribution is 0.0573. The molecule has 1 saturated carbocycles. The number of hydrogen-bond acceptors (Lipinski definition) is 5. The number of amides is 1. The molecular formula is C23H25ClN4O3. The number of nitrogens with zero attached hydrogens (tertiary/aromatic N) is 4. The van der Waals surface area contributed by atoms with E-state index in [9.17, 15) is 9.90 Å². The highest BCUT2D eigenvalue weighted by molar-refractivity contribution is 6.31. The molecule has 1 N–H and O–H groups in total. The van der Waals surface area contributed by atoms with E-state index in [0.29, 0.717) is 29.4 Å². The highest BCUT2D eigenvalue weighted by Crippen LogP contribution is 2.32. The van der Waals surface area contributed by atoms with Gasteiger partial charge < -0.3 is 14.7 Å². The first-order chi connectivity index (χ1) is 15.0. The summed E-state index contributed by atoms with van der Waals surface area (Å²) >= 11 is 6.43. The molecular weight excluding hydrogens is 416 g/mol. The smallest absolute Gasteiger partial charge is 0.258 e. The molecule has 0 radical (unpaired) electrons. The summed E-state index contributed by atoms with van der Waals surface area (Å²) in [5.74, 6) is 0.409. The Balaban J connectivity index is 1.43. The van der Waals surface area contributed by atoms with Crippen LogP contribution in [0.25, 0.3) is 5.65 Å². The van der Waals surface area contributed by atoms with E-state index >= 15 is 0 Å². The lowest BCUT2D eigenvalue weighted by Crippen LogP contribution is -2.29. The Hall–Kier alpha value is -2.64. The van der Waals surface area contributed by atoms with Gasteiger partial charge in [-0.3, -0.25) is 4.79 Å². The molecule has 1 aliphatic carbocycles. The predicted octanol–water partition coefficient (Wildman–Crippen LogP) is 3.70. The van der Waals surface area contributed by atoms with Crippen LogP contribution in [0.15, 0.2) is 24.3 Å². The molecule has 2 aromatic heterocycles. The predicted molar refractivity (Wildman–Crippen MR) is 116 cm³/mol. The number of aryl methyl sites for hydroxylation is 2. The number of benzene rings is 1. The summed E-state index contributed by atoms with van der Waals surface area (Å²) < 4.78 is 7.83. The van der Waals surface area contributed by atoms with E-state index in [1.807, 2.05) is 26.0 Å². The van der Waals surface area contributed by atoms with Crippen molar-refractivity contribution in [1.29, 1.82) is 0 Å². The summed E-state index contributed by atoms with van der Waals surface area (Å²) in [5.41, 5.74) is 4.79. The van der Waals surface area contributed by atoms with Gasteiger partial charge in [-0.1, -0.05) is 30.7 Å². The zero-order valence-electron chi connectivity index (χ0n) is 17.6. The first-order valence-corrected chi connectivity index (χ1v) is 11.1. The van der Waals surface area contributed by atoms with E-state index in [2.05, 4.69) is 5.10 Å². The summed E-state index contributed by atoms with van der Waals surface area (Å²) in [7, 11) is 0. The Labute approximate surface area is 185 Å². The van der Waals surface area contributed by atoms with Crippen molar-refractivity contribution < 1.29 is 14.6 Å². The molecule has 2 atom stereocenters. The molecule has 0 bridgehead atoms. The number of aliphatic hydroxyl groups is 1. The van der Waals surface area contributed by atoms with Crippen LogP contribution in [0.4, 0.5) is 0 Å². The summed E-state index contributed by atoms with van der Waals surface area (Å²) in [4.78, 5) is 19.9. The number of halogens is 1. The van der Waals surface area contributed by atoms with E-state index in [1.165, 1.54) is 0 Å². The van der Waals surface area contributed by atoms with Crippen molar-refractivity contribution in [2.45, 2.75) is 64.8 Å². The molecule has 0 saturated heterocycles.